The highest BCUT2D eigenvalue weighted by molar-refractivity contribution is 6.05. The average Bonchev–Trinajstić information content (AvgIpc) is 4.02. The Balaban J connectivity index is 0.806. The fourth-order valence-electron chi connectivity index (χ4n) is 9.81. The summed E-state index contributed by atoms with van der Waals surface area (Å²) in [5, 5.41) is 15.4. The molecule has 0 spiro atoms. The van der Waals surface area contributed by atoms with Gasteiger partial charge in [0.05, 0.1) is 17.4 Å². The second kappa shape index (κ2) is 17.3. The molecule has 16 heteroatoms. The quantitative estimate of drug-likeness (QED) is 0.124. The Morgan fingerprint density at radius 1 is 0.922 bits per heavy atom. The van der Waals surface area contributed by atoms with Crippen molar-refractivity contribution in [3.05, 3.63) is 94.7 Å². The van der Waals surface area contributed by atoms with Crippen molar-refractivity contribution in [3.63, 3.8) is 0 Å². The summed E-state index contributed by atoms with van der Waals surface area (Å²) in [6.45, 7) is 19.9. The zero-order valence-corrected chi connectivity index (χ0v) is 37.9. The molecule has 64 heavy (non-hydrogen) atoms. The van der Waals surface area contributed by atoms with Crippen LogP contribution < -0.4 is 20.4 Å². The number of carbonyl (C=O) groups is 3. The van der Waals surface area contributed by atoms with Crippen LogP contribution in [0.4, 0.5) is 16.2 Å². The van der Waals surface area contributed by atoms with Gasteiger partial charge < -0.3 is 24.6 Å². The van der Waals surface area contributed by atoms with Crippen molar-refractivity contribution < 1.29 is 18.9 Å². The molecule has 16 nitrogen and oxygen atoms in total. The first-order chi connectivity index (χ1) is 30.7. The molecular formula is C48H58N12O4. The largest absolute Gasteiger partial charge is 0.372 e. The molecule has 4 aromatic heterocycles. The Kier molecular flexibility index (Phi) is 11.6. The highest BCUT2D eigenvalue weighted by Crippen LogP contribution is 2.36. The lowest BCUT2D eigenvalue weighted by Gasteiger charge is -2.38. The number of aromatic nitrogens is 7. The molecule has 0 saturated carbocycles. The van der Waals surface area contributed by atoms with E-state index in [1.165, 1.54) is 11.3 Å². The number of anilines is 2. The number of nitrogens with zero attached hydrogens (tertiary/aromatic N) is 9. The zero-order chi connectivity index (χ0) is 44.9. The summed E-state index contributed by atoms with van der Waals surface area (Å²) in [6.07, 6.45) is 6.45. The van der Waals surface area contributed by atoms with E-state index in [-0.39, 0.29) is 29.3 Å². The van der Waals surface area contributed by atoms with Gasteiger partial charge >= 0.3 is 17.8 Å². The van der Waals surface area contributed by atoms with Crippen molar-refractivity contribution in [1.82, 2.24) is 50.4 Å². The van der Waals surface area contributed by atoms with Crippen molar-refractivity contribution >= 4 is 40.3 Å². The smallest absolute Gasteiger partial charge is 0.328 e. The number of aryl methyl sites for hydroxylation is 2. The number of aromatic amines is 1. The second-order valence-electron chi connectivity index (χ2n) is 18.9. The average molecular weight is 867 g/mol. The van der Waals surface area contributed by atoms with Crippen LogP contribution in [0.1, 0.15) is 116 Å². The van der Waals surface area contributed by atoms with Crippen LogP contribution in [-0.4, -0.2) is 96.9 Å². The normalized spacial score (nSPS) is 17.6. The molecule has 0 aliphatic carbocycles. The zero-order valence-electron chi connectivity index (χ0n) is 37.9. The van der Waals surface area contributed by atoms with Crippen molar-refractivity contribution in [2.75, 3.05) is 49.1 Å². The number of rotatable bonds is 10. The molecule has 7 heterocycles. The molecule has 0 unspecified atom stereocenters. The van der Waals surface area contributed by atoms with Crippen LogP contribution in [0.2, 0.25) is 0 Å². The summed E-state index contributed by atoms with van der Waals surface area (Å²) >= 11 is 0. The molecule has 1 atom stereocenters. The van der Waals surface area contributed by atoms with Gasteiger partial charge in [0.15, 0.2) is 5.82 Å². The SMILES string of the molecule is Cc1cc(-c2ncnc3[nH]c(-n4nc(C)c(C5CCN(CC6CCN(c7ccc(N8CCC(=O)NC8=O)cc7)CC6)CC5)c4C)cc23)ccc1[C@@H](C)NC(=O)c1nc(C(C)(C)C)no1. The van der Waals surface area contributed by atoms with E-state index in [0.29, 0.717) is 30.6 Å². The summed E-state index contributed by atoms with van der Waals surface area (Å²) in [4.78, 5) is 60.7. The van der Waals surface area contributed by atoms with Crippen LogP contribution in [0.3, 0.4) is 0 Å². The molecule has 3 N–H and O–H groups in total. The number of urea groups is 1. The number of carbonyl (C=O) groups excluding carboxylic acids is 3. The summed E-state index contributed by atoms with van der Waals surface area (Å²) in [6, 6.07) is 15.8. The lowest BCUT2D eigenvalue weighted by atomic mass is 9.87. The van der Waals surface area contributed by atoms with E-state index < -0.39 is 5.91 Å². The van der Waals surface area contributed by atoms with E-state index in [0.717, 1.165) is 115 Å². The van der Waals surface area contributed by atoms with Crippen LogP contribution in [0, 0.1) is 26.7 Å². The van der Waals surface area contributed by atoms with Crippen molar-refractivity contribution in [2.24, 2.45) is 5.92 Å². The van der Waals surface area contributed by atoms with Gasteiger partial charge in [-0.2, -0.15) is 10.1 Å². The second-order valence-corrected chi connectivity index (χ2v) is 18.9. The van der Waals surface area contributed by atoms with Gasteiger partial charge in [-0.25, -0.2) is 19.4 Å². The molecule has 3 aliphatic rings. The number of piperidine rings is 2. The number of amides is 4. The molecule has 2 aromatic carbocycles. The minimum Gasteiger partial charge on any atom is -0.372 e. The minimum atomic E-state index is -0.410. The van der Waals surface area contributed by atoms with E-state index in [1.54, 1.807) is 11.2 Å². The van der Waals surface area contributed by atoms with Gasteiger partial charge in [-0.1, -0.05) is 38.1 Å². The molecule has 6 aromatic rings. The molecule has 3 saturated heterocycles. The third-order valence-corrected chi connectivity index (χ3v) is 13.3. The van der Waals surface area contributed by atoms with Crippen molar-refractivity contribution in [3.8, 4) is 17.1 Å². The predicted octanol–water partition coefficient (Wildman–Crippen LogP) is 7.45. The standard InChI is InChI=1S/C48H58N12O4/c1-28-24-34(8-13-37(28)29(2)51-44(62)45-54-46(56-64-45)48(5,6)7)42-38-25-39(52-43(38)50-27-49-42)60-31(4)41(30(3)55-60)33-16-19-57(20-17-33)26-32-14-21-58(22-15-32)35-9-11-36(12-10-35)59-23-18-40(61)53-47(59)63/h8-13,24-25,27,29,32-33H,14-23,26H2,1-7H3,(H,51,62)(H,49,50,52)(H,53,61,63)/t29-/m1/s1. The van der Waals surface area contributed by atoms with Crippen molar-refractivity contribution in [2.45, 2.75) is 97.9 Å². The maximum Gasteiger partial charge on any atom is 0.328 e. The number of hydrogen-bond acceptors (Lipinski definition) is 11. The highest BCUT2D eigenvalue weighted by atomic mass is 16.5. The fourth-order valence-corrected chi connectivity index (χ4v) is 9.81. The monoisotopic (exact) mass is 866 g/mol. The van der Waals surface area contributed by atoms with Crippen molar-refractivity contribution in [1.29, 1.82) is 0 Å². The number of benzene rings is 2. The lowest BCUT2D eigenvalue weighted by Crippen LogP contribution is -2.49. The summed E-state index contributed by atoms with van der Waals surface area (Å²) in [5.74, 6) is 1.79. The molecule has 334 valence electrons. The van der Waals surface area contributed by atoms with E-state index in [2.05, 4.69) is 78.7 Å². The fraction of sp³-hybridized carbons (Fsp3) is 0.458. The van der Waals surface area contributed by atoms with Crippen LogP contribution in [0.5, 0.6) is 0 Å². The van der Waals surface area contributed by atoms with E-state index >= 15 is 0 Å². The van der Waals surface area contributed by atoms with Gasteiger partial charge in [-0.3, -0.25) is 19.8 Å². The molecular weight excluding hydrogens is 809 g/mol. The number of nitrogens with one attached hydrogen (secondary N) is 3. The number of imide groups is 1. The highest BCUT2D eigenvalue weighted by Gasteiger charge is 2.30. The van der Waals surface area contributed by atoms with Gasteiger partial charge in [0.1, 0.15) is 17.8 Å². The molecule has 4 amide bonds. The summed E-state index contributed by atoms with van der Waals surface area (Å²) < 4.78 is 7.29. The van der Waals surface area contributed by atoms with Crippen LogP contribution >= 0.6 is 0 Å². The predicted molar refractivity (Wildman–Crippen MR) is 245 cm³/mol. The Hall–Kier alpha value is -6.42. The number of H-pyrrole nitrogens is 1. The first-order valence-corrected chi connectivity index (χ1v) is 22.5. The Labute approximate surface area is 373 Å². The van der Waals surface area contributed by atoms with E-state index in [9.17, 15) is 14.4 Å². The van der Waals surface area contributed by atoms with Gasteiger partial charge in [0.25, 0.3) is 0 Å². The van der Waals surface area contributed by atoms with Gasteiger partial charge in [0, 0.05) is 66.0 Å². The third kappa shape index (κ3) is 8.62. The van der Waals surface area contributed by atoms with Gasteiger partial charge in [-0.05, 0) is 131 Å². The number of hydrogen-bond donors (Lipinski definition) is 3. The molecule has 9 rings (SSSR count). The van der Waals surface area contributed by atoms with E-state index in [4.69, 9.17) is 14.6 Å². The molecule has 0 radical (unpaired) electrons. The first kappa shape index (κ1) is 42.9. The minimum absolute atomic E-state index is 0.0487. The Bertz CT molecular complexity index is 2690. The third-order valence-electron chi connectivity index (χ3n) is 13.3. The van der Waals surface area contributed by atoms with Crippen LogP contribution in [-0.2, 0) is 10.2 Å². The van der Waals surface area contributed by atoms with Gasteiger partial charge in [0.2, 0.25) is 5.91 Å². The Morgan fingerprint density at radius 3 is 2.34 bits per heavy atom. The number of fused-ring (bicyclic) bond motifs is 1. The molecule has 3 aliphatic heterocycles. The lowest BCUT2D eigenvalue weighted by molar-refractivity contribution is -0.120. The maximum atomic E-state index is 13.0. The summed E-state index contributed by atoms with van der Waals surface area (Å²) in [7, 11) is 0. The first-order valence-electron chi connectivity index (χ1n) is 22.5. The van der Waals surface area contributed by atoms with Crippen LogP contribution in [0.25, 0.3) is 28.1 Å². The molecule has 0 bridgehead atoms. The summed E-state index contributed by atoms with van der Waals surface area (Å²) in [5.41, 5.74) is 9.73. The maximum absolute atomic E-state index is 13.0. The molecule has 3 fully saturated rings. The van der Waals surface area contributed by atoms with Gasteiger partial charge in [-0.15, -0.1) is 0 Å². The van der Waals surface area contributed by atoms with E-state index in [1.807, 2.05) is 63.6 Å². The van der Waals surface area contributed by atoms with Crippen LogP contribution in [0.15, 0.2) is 59.4 Å². The topological polar surface area (TPSA) is 183 Å². The number of likely N-dealkylation sites (tertiary alicyclic amines) is 1. The Morgan fingerprint density at radius 2 is 1.66 bits per heavy atom.